The van der Waals surface area contributed by atoms with E-state index in [1.54, 1.807) is 10.9 Å². The number of hydrogen-bond acceptors (Lipinski definition) is 4. The Hall–Kier alpha value is -1.92. The number of likely N-dealkylation sites (tertiary alicyclic amines) is 1. The van der Waals surface area contributed by atoms with E-state index >= 15 is 0 Å². The van der Waals surface area contributed by atoms with Crippen molar-refractivity contribution in [1.29, 1.82) is 0 Å². The topological polar surface area (TPSA) is 78.6 Å². The molecule has 1 aliphatic heterocycles. The summed E-state index contributed by atoms with van der Waals surface area (Å²) in [6, 6.07) is 7.82. The molecule has 6 nitrogen and oxygen atoms in total. The summed E-state index contributed by atoms with van der Waals surface area (Å²) >= 11 is 0. The van der Waals surface area contributed by atoms with Crippen LogP contribution in [0.4, 0.5) is 0 Å². The second-order valence-electron chi connectivity index (χ2n) is 6.42. The van der Waals surface area contributed by atoms with Gasteiger partial charge < -0.3 is 15.1 Å². The lowest BCUT2D eigenvalue weighted by Crippen LogP contribution is -2.38. The number of aromatic nitrogens is 2. The molecule has 6 heteroatoms. The minimum absolute atomic E-state index is 0.00462. The molecule has 2 fully saturated rings. The monoisotopic (exact) mass is 301 g/mol. The number of carbonyl (C=O) groups excluding carboxylic acids is 1. The van der Waals surface area contributed by atoms with Gasteiger partial charge in [-0.3, -0.25) is 9.48 Å². The molecular weight excluding hydrogens is 282 g/mol. The minimum atomic E-state index is -0.352. The molecule has 0 radical (unpaired) electrons. The Kier molecular flexibility index (Phi) is 2.99. The van der Waals surface area contributed by atoms with Crippen LogP contribution < -0.4 is 0 Å². The molecule has 1 saturated heterocycles. The molecule has 2 atom stereocenters. The SMILES string of the molecule is O=C(Cn1ncc2ccccc21)N1CC2C(C1)C2(CO)CO. The van der Waals surface area contributed by atoms with E-state index in [1.165, 1.54) is 0 Å². The van der Waals surface area contributed by atoms with E-state index in [2.05, 4.69) is 5.10 Å². The zero-order chi connectivity index (χ0) is 15.3. The molecule has 0 spiro atoms. The van der Waals surface area contributed by atoms with Gasteiger partial charge in [-0.05, 0) is 17.9 Å². The lowest BCUT2D eigenvalue weighted by atomic mass is 10.0. The normalized spacial score (nSPS) is 25.5. The summed E-state index contributed by atoms with van der Waals surface area (Å²) in [6.45, 7) is 1.50. The van der Waals surface area contributed by atoms with Crippen LogP contribution in [0.3, 0.4) is 0 Å². The molecule has 4 rings (SSSR count). The molecule has 2 N–H and O–H groups in total. The smallest absolute Gasteiger partial charge is 0.244 e. The van der Waals surface area contributed by atoms with Crippen LogP contribution in [0.5, 0.6) is 0 Å². The fourth-order valence-corrected chi connectivity index (χ4v) is 3.94. The number of nitrogens with zero attached hydrogens (tertiary/aromatic N) is 3. The largest absolute Gasteiger partial charge is 0.396 e. The van der Waals surface area contributed by atoms with Crippen LogP contribution in [0.15, 0.2) is 30.5 Å². The number of fused-ring (bicyclic) bond motifs is 2. The summed E-state index contributed by atoms with van der Waals surface area (Å²) in [7, 11) is 0. The Morgan fingerprint density at radius 1 is 1.23 bits per heavy atom. The average molecular weight is 301 g/mol. The average Bonchev–Trinajstić information content (AvgIpc) is 2.90. The summed E-state index contributed by atoms with van der Waals surface area (Å²) in [5.74, 6) is 0.521. The molecule has 1 amide bonds. The molecule has 1 aromatic heterocycles. The molecule has 2 unspecified atom stereocenters. The zero-order valence-electron chi connectivity index (χ0n) is 12.2. The first-order chi connectivity index (χ1) is 10.7. The first-order valence-corrected chi connectivity index (χ1v) is 7.59. The van der Waals surface area contributed by atoms with Crippen LogP contribution in [0.1, 0.15) is 0 Å². The Morgan fingerprint density at radius 3 is 2.59 bits per heavy atom. The molecular formula is C16H19N3O3. The lowest BCUT2D eigenvalue weighted by molar-refractivity contribution is -0.132. The van der Waals surface area contributed by atoms with Crippen molar-refractivity contribution in [2.45, 2.75) is 6.54 Å². The van der Waals surface area contributed by atoms with Crippen molar-refractivity contribution in [3.63, 3.8) is 0 Å². The Balaban J connectivity index is 1.45. The molecule has 1 saturated carbocycles. The van der Waals surface area contributed by atoms with Crippen molar-refractivity contribution in [3.05, 3.63) is 30.5 Å². The molecule has 2 heterocycles. The number of benzene rings is 1. The number of para-hydroxylation sites is 1. The van der Waals surface area contributed by atoms with Gasteiger partial charge in [0.05, 0.1) is 24.9 Å². The Bertz CT molecular complexity index is 708. The second-order valence-corrected chi connectivity index (χ2v) is 6.42. The van der Waals surface area contributed by atoms with Crippen molar-refractivity contribution in [1.82, 2.24) is 14.7 Å². The summed E-state index contributed by atoms with van der Waals surface area (Å²) in [4.78, 5) is 14.3. The fourth-order valence-electron chi connectivity index (χ4n) is 3.94. The quantitative estimate of drug-likeness (QED) is 0.839. The maximum Gasteiger partial charge on any atom is 0.244 e. The number of aliphatic hydroxyl groups is 2. The van der Waals surface area contributed by atoms with Crippen molar-refractivity contribution < 1.29 is 15.0 Å². The van der Waals surface area contributed by atoms with Crippen LogP contribution in [-0.2, 0) is 11.3 Å². The molecule has 116 valence electrons. The fraction of sp³-hybridized carbons (Fsp3) is 0.500. The molecule has 22 heavy (non-hydrogen) atoms. The number of carbonyl (C=O) groups is 1. The highest BCUT2D eigenvalue weighted by Crippen LogP contribution is 2.61. The van der Waals surface area contributed by atoms with E-state index in [1.807, 2.05) is 29.2 Å². The van der Waals surface area contributed by atoms with Gasteiger partial charge in [-0.1, -0.05) is 18.2 Å². The van der Waals surface area contributed by atoms with E-state index in [0.29, 0.717) is 13.1 Å². The third-order valence-electron chi connectivity index (χ3n) is 5.47. The van der Waals surface area contributed by atoms with E-state index in [9.17, 15) is 15.0 Å². The summed E-state index contributed by atoms with van der Waals surface area (Å²) < 4.78 is 1.73. The number of aliphatic hydroxyl groups excluding tert-OH is 2. The van der Waals surface area contributed by atoms with Crippen LogP contribution >= 0.6 is 0 Å². The van der Waals surface area contributed by atoms with Gasteiger partial charge in [0.15, 0.2) is 0 Å². The van der Waals surface area contributed by atoms with E-state index in [4.69, 9.17) is 0 Å². The maximum absolute atomic E-state index is 12.5. The zero-order valence-corrected chi connectivity index (χ0v) is 12.2. The first-order valence-electron chi connectivity index (χ1n) is 7.59. The standard InChI is InChI=1S/C16H19N3O3/c20-9-16(10-21)12-6-18(7-13(12)16)15(22)8-19-14-4-2-1-3-11(14)5-17-19/h1-5,12-13,20-21H,6-10H2. The number of hydrogen-bond donors (Lipinski definition) is 2. The van der Waals surface area contributed by atoms with E-state index < -0.39 is 0 Å². The summed E-state index contributed by atoms with van der Waals surface area (Å²) in [6.07, 6.45) is 1.77. The molecule has 1 aliphatic carbocycles. The number of rotatable bonds is 4. The van der Waals surface area contributed by atoms with Crippen LogP contribution in [0.2, 0.25) is 0 Å². The van der Waals surface area contributed by atoms with Gasteiger partial charge >= 0.3 is 0 Å². The third-order valence-corrected chi connectivity index (χ3v) is 5.47. The highest BCUT2D eigenvalue weighted by molar-refractivity contribution is 5.82. The van der Waals surface area contributed by atoms with Gasteiger partial charge in [0.25, 0.3) is 0 Å². The number of piperidine rings is 1. The Labute approximate surface area is 128 Å². The van der Waals surface area contributed by atoms with Gasteiger partial charge in [-0.2, -0.15) is 5.10 Å². The third kappa shape index (κ3) is 1.80. The van der Waals surface area contributed by atoms with Gasteiger partial charge in [-0.25, -0.2) is 0 Å². The predicted molar refractivity (Wildman–Crippen MR) is 79.9 cm³/mol. The van der Waals surface area contributed by atoms with Gasteiger partial charge in [0.2, 0.25) is 5.91 Å². The van der Waals surface area contributed by atoms with Crippen LogP contribution in [0, 0.1) is 17.3 Å². The van der Waals surface area contributed by atoms with E-state index in [-0.39, 0.29) is 42.9 Å². The van der Waals surface area contributed by atoms with Crippen LogP contribution in [-0.4, -0.2) is 57.1 Å². The van der Waals surface area contributed by atoms with Crippen molar-refractivity contribution in [3.8, 4) is 0 Å². The molecule has 2 aromatic rings. The minimum Gasteiger partial charge on any atom is -0.396 e. The lowest BCUT2D eigenvalue weighted by Gasteiger charge is -2.24. The summed E-state index contributed by atoms with van der Waals surface area (Å²) in [5.41, 5.74) is 0.607. The number of amides is 1. The van der Waals surface area contributed by atoms with Crippen LogP contribution in [0.25, 0.3) is 10.9 Å². The van der Waals surface area contributed by atoms with E-state index in [0.717, 1.165) is 10.9 Å². The maximum atomic E-state index is 12.5. The molecule has 1 aromatic carbocycles. The second kappa shape index (κ2) is 4.79. The van der Waals surface area contributed by atoms with Gasteiger partial charge in [0.1, 0.15) is 6.54 Å². The van der Waals surface area contributed by atoms with Gasteiger partial charge in [0, 0.05) is 23.9 Å². The molecule has 0 bridgehead atoms. The van der Waals surface area contributed by atoms with Crippen molar-refractivity contribution >= 4 is 16.8 Å². The Morgan fingerprint density at radius 2 is 1.91 bits per heavy atom. The first kappa shape index (κ1) is 13.7. The highest BCUT2D eigenvalue weighted by Gasteiger charge is 2.67. The van der Waals surface area contributed by atoms with Gasteiger partial charge in [-0.15, -0.1) is 0 Å². The van der Waals surface area contributed by atoms with Crippen molar-refractivity contribution in [2.24, 2.45) is 17.3 Å². The summed E-state index contributed by atoms with van der Waals surface area (Å²) in [5, 5.41) is 24.2. The van der Waals surface area contributed by atoms with Crippen molar-refractivity contribution in [2.75, 3.05) is 26.3 Å². The molecule has 2 aliphatic rings. The predicted octanol–water partition coefficient (Wildman–Crippen LogP) is 0.0955. The highest BCUT2D eigenvalue weighted by atomic mass is 16.3.